The molecule has 4 heteroatoms. The maximum atomic E-state index is 12.1. The summed E-state index contributed by atoms with van der Waals surface area (Å²) in [5.74, 6) is 1.17. The number of hydrogen-bond donors (Lipinski definition) is 0. The third-order valence-electron chi connectivity index (χ3n) is 4.62. The van der Waals surface area contributed by atoms with Crippen molar-refractivity contribution in [3.8, 4) is 5.75 Å². The molecule has 3 aromatic rings. The first kappa shape index (κ1) is 20.3. The van der Waals surface area contributed by atoms with Crippen molar-refractivity contribution in [1.29, 1.82) is 0 Å². The van der Waals surface area contributed by atoms with Crippen molar-refractivity contribution in [1.82, 2.24) is 4.98 Å². The fourth-order valence-corrected chi connectivity index (χ4v) is 3.35. The van der Waals surface area contributed by atoms with Crippen LogP contribution in [-0.2, 0) is 24.1 Å². The fourth-order valence-electron chi connectivity index (χ4n) is 2.95. The Balaban J connectivity index is 1.38. The molecule has 0 saturated heterocycles. The van der Waals surface area contributed by atoms with Crippen molar-refractivity contribution in [2.24, 2.45) is 0 Å². The summed E-state index contributed by atoms with van der Waals surface area (Å²) in [6, 6.07) is 20.3. The average Bonchev–Trinajstić information content (AvgIpc) is 2.74. The van der Waals surface area contributed by atoms with Crippen LogP contribution in [0.3, 0.4) is 0 Å². The molecular weight excluding hydrogens is 414 g/mol. The molecule has 0 aliphatic rings. The molecule has 0 atom stereocenters. The maximum absolute atomic E-state index is 12.1. The number of ketones is 1. The van der Waals surface area contributed by atoms with Gasteiger partial charge in [0, 0.05) is 31.7 Å². The van der Waals surface area contributed by atoms with Crippen LogP contribution in [0, 0.1) is 0 Å². The molecule has 0 radical (unpaired) electrons. The summed E-state index contributed by atoms with van der Waals surface area (Å²) in [6.07, 6.45) is 7.16. The van der Waals surface area contributed by atoms with Crippen molar-refractivity contribution in [2.45, 2.75) is 32.1 Å². The molecule has 1 heterocycles. The van der Waals surface area contributed by atoms with E-state index < -0.39 is 0 Å². The van der Waals surface area contributed by atoms with Crippen LogP contribution in [0.2, 0.25) is 0 Å². The second-order valence-corrected chi connectivity index (χ2v) is 7.60. The Morgan fingerprint density at radius 3 is 2.18 bits per heavy atom. The van der Waals surface area contributed by atoms with Gasteiger partial charge in [0.25, 0.3) is 0 Å². The van der Waals surface area contributed by atoms with Gasteiger partial charge in [-0.05, 0) is 63.7 Å². The second kappa shape index (κ2) is 10.8. The lowest BCUT2D eigenvalue weighted by molar-refractivity contribution is -0.119. The lowest BCUT2D eigenvalue weighted by Crippen LogP contribution is -2.03. The summed E-state index contributed by atoms with van der Waals surface area (Å²) in [4.78, 5) is 16.2. The Morgan fingerprint density at radius 1 is 0.821 bits per heavy atom. The second-order valence-electron chi connectivity index (χ2n) is 6.75. The Bertz CT molecular complexity index is 879. The van der Waals surface area contributed by atoms with Crippen LogP contribution in [0.1, 0.15) is 29.5 Å². The van der Waals surface area contributed by atoms with E-state index in [-0.39, 0.29) is 0 Å². The number of hydrogen-bond acceptors (Lipinski definition) is 3. The minimum Gasteiger partial charge on any atom is -0.492 e. The number of halogens is 1. The summed E-state index contributed by atoms with van der Waals surface area (Å²) < 4.78 is 6.79. The summed E-state index contributed by atoms with van der Waals surface area (Å²) in [5.41, 5.74) is 3.55. The number of aryl methyl sites for hydroxylation is 2. The summed E-state index contributed by atoms with van der Waals surface area (Å²) in [5, 5.41) is 0. The lowest BCUT2D eigenvalue weighted by atomic mass is 10.0. The van der Waals surface area contributed by atoms with E-state index in [4.69, 9.17) is 4.74 Å². The van der Waals surface area contributed by atoms with E-state index in [1.54, 1.807) is 6.20 Å². The van der Waals surface area contributed by atoms with Gasteiger partial charge in [-0.2, -0.15) is 0 Å². The van der Waals surface area contributed by atoms with Gasteiger partial charge in [-0.25, -0.2) is 0 Å². The van der Waals surface area contributed by atoms with Crippen LogP contribution in [0.25, 0.3) is 0 Å². The van der Waals surface area contributed by atoms with E-state index in [0.717, 1.165) is 35.0 Å². The van der Waals surface area contributed by atoms with Crippen LogP contribution >= 0.6 is 15.9 Å². The molecule has 0 amide bonds. The van der Waals surface area contributed by atoms with E-state index in [2.05, 4.69) is 45.2 Å². The summed E-state index contributed by atoms with van der Waals surface area (Å²) in [7, 11) is 0. The van der Waals surface area contributed by atoms with E-state index in [1.807, 2.05) is 42.6 Å². The number of rotatable bonds is 10. The molecule has 144 valence electrons. The van der Waals surface area contributed by atoms with Gasteiger partial charge in [0.2, 0.25) is 0 Å². The fraction of sp³-hybridized carbons (Fsp3) is 0.250. The third-order valence-corrected chi connectivity index (χ3v) is 5.27. The number of Topliss-reactive ketones (excluding diaryl/α,β-unsaturated/α-hetero) is 1. The summed E-state index contributed by atoms with van der Waals surface area (Å²) in [6.45, 7) is 0.634. The van der Waals surface area contributed by atoms with E-state index in [0.29, 0.717) is 25.2 Å². The van der Waals surface area contributed by atoms with Gasteiger partial charge >= 0.3 is 0 Å². The standard InChI is InChI=1S/C24H24BrNO2/c25-23-5-1-2-6-24(23)28-17-15-20-9-7-19(8-10-20)11-13-22(27)14-12-21-4-3-16-26-18-21/h1-10,16,18H,11-15,17H2. The van der Waals surface area contributed by atoms with Gasteiger partial charge in [0.05, 0.1) is 11.1 Å². The largest absolute Gasteiger partial charge is 0.492 e. The monoisotopic (exact) mass is 437 g/mol. The first-order valence-electron chi connectivity index (χ1n) is 9.56. The Morgan fingerprint density at radius 2 is 1.50 bits per heavy atom. The van der Waals surface area contributed by atoms with Gasteiger partial charge in [-0.15, -0.1) is 0 Å². The predicted octanol–water partition coefficient (Wildman–Crippen LogP) is 5.60. The van der Waals surface area contributed by atoms with Crippen molar-refractivity contribution in [3.63, 3.8) is 0 Å². The molecule has 0 N–H and O–H groups in total. The van der Waals surface area contributed by atoms with Crippen molar-refractivity contribution in [3.05, 3.63) is 94.2 Å². The molecule has 0 aliphatic heterocycles. The van der Waals surface area contributed by atoms with Crippen LogP contribution in [0.4, 0.5) is 0 Å². The smallest absolute Gasteiger partial charge is 0.133 e. The number of carbonyl (C=O) groups excluding carboxylic acids is 1. The number of pyridine rings is 1. The van der Waals surface area contributed by atoms with Crippen molar-refractivity contribution in [2.75, 3.05) is 6.61 Å². The average molecular weight is 438 g/mol. The molecule has 0 bridgehead atoms. The molecule has 28 heavy (non-hydrogen) atoms. The Labute approximate surface area is 174 Å². The number of nitrogens with zero attached hydrogens (tertiary/aromatic N) is 1. The minimum absolute atomic E-state index is 0.301. The zero-order valence-corrected chi connectivity index (χ0v) is 17.4. The van der Waals surface area contributed by atoms with Gasteiger partial charge in [-0.1, -0.05) is 42.5 Å². The molecule has 0 fully saturated rings. The van der Waals surface area contributed by atoms with Gasteiger partial charge in [0.1, 0.15) is 11.5 Å². The molecule has 2 aromatic carbocycles. The van der Waals surface area contributed by atoms with E-state index in [1.165, 1.54) is 11.1 Å². The highest BCUT2D eigenvalue weighted by Crippen LogP contribution is 2.23. The van der Waals surface area contributed by atoms with Gasteiger partial charge in [0.15, 0.2) is 0 Å². The van der Waals surface area contributed by atoms with Crippen molar-refractivity contribution >= 4 is 21.7 Å². The number of benzene rings is 2. The number of para-hydroxylation sites is 1. The van der Waals surface area contributed by atoms with Crippen molar-refractivity contribution < 1.29 is 9.53 Å². The third kappa shape index (κ3) is 6.61. The van der Waals surface area contributed by atoms with Crippen LogP contribution in [-0.4, -0.2) is 17.4 Å². The van der Waals surface area contributed by atoms with Crippen LogP contribution < -0.4 is 4.74 Å². The zero-order valence-electron chi connectivity index (χ0n) is 15.8. The molecule has 3 rings (SSSR count). The summed E-state index contributed by atoms with van der Waals surface area (Å²) >= 11 is 3.49. The molecule has 1 aromatic heterocycles. The van der Waals surface area contributed by atoms with Crippen LogP contribution in [0.15, 0.2) is 77.5 Å². The molecule has 0 saturated carbocycles. The van der Waals surface area contributed by atoms with Gasteiger partial charge in [-0.3, -0.25) is 9.78 Å². The molecule has 0 unspecified atom stereocenters. The molecular formula is C24H24BrNO2. The SMILES string of the molecule is O=C(CCc1ccc(CCOc2ccccc2Br)cc1)CCc1cccnc1. The number of ether oxygens (including phenoxy) is 1. The number of aromatic nitrogens is 1. The number of carbonyl (C=O) groups is 1. The quantitative estimate of drug-likeness (QED) is 0.414. The highest BCUT2D eigenvalue weighted by molar-refractivity contribution is 9.10. The van der Waals surface area contributed by atoms with Gasteiger partial charge < -0.3 is 4.74 Å². The molecule has 3 nitrogen and oxygen atoms in total. The first-order valence-corrected chi connectivity index (χ1v) is 10.4. The highest BCUT2D eigenvalue weighted by Gasteiger charge is 2.05. The first-order chi connectivity index (χ1) is 13.7. The van der Waals surface area contributed by atoms with Crippen LogP contribution in [0.5, 0.6) is 5.75 Å². The Kier molecular flexibility index (Phi) is 7.80. The normalized spacial score (nSPS) is 10.6. The highest BCUT2D eigenvalue weighted by atomic mass is 79.9. The van der Waals surface area contributed by atoms with E-state index in [9.17, 15) is 4.79 Å². The predicted molar refractivity (Wildman–Crippen MR) is 116 cm³/mol. The topological polar surface area (TPSA) is 39.2 Å². The maximum Gasteiger partial charge on any atom is 0.133 e. The Hall–Kier alpha value is -2.46. The minimum atomic E-state index is 0.301. The molecule has 0 spiro atoms. The van der Waals surface area contributed by atoms with E-state index >= 15 is 0 Å². The lowest BCUT2D eigenvalue weighted by Gasteiger charge is -2.08. The zero-order chi connectivity index (χ0) is 19.6. The molecule has 0 aliphatic carbocycles.